The quantitative estimate of drug-likeness (QED) is 0.404. The predicted octanol–water partition coefficient (Wildman–Crippen LogP) is 7.79. The van der Waals surface area contributed by atoms with Gasteiger partial charge in [0.15, 0.2) is 0 Å². The van der Waals surface area contributed by atoms with E-state index in [-0.39, 0.29) is 0 Å². The van der Waals surface area contributed by atoms with E-state index in [0.29, 0.717) is 5.92 Å². The van der Waals surface area contributed by atoms with Crippen molar-refractivity contribution in [3.63, 3.8) is 0 Å². The van der Waals surface area contributed by atoms with E-state index in [1.54, 1.807) is 0 Å². The molecule has 2 aliphatic rings. The SMILES string of the molecule is CC1=CC([C@@H](O)C2=CC(C)CC(C)=C2)=C=CC(Cc2ccc(C)c(C(O)c3c(C)cccc3C)c2C)=C1. The average Bonchev–Trinajstić information content (AvgIpc) is 3.00. The van der Waals surface area contributed by atoms with Gasteiger partial charge in [0.1, 0.15) is 12.2 Å². The zero-order valence-electron chi connectivity index (χ0n) is 23.3. The summed E-state index contributed by atoms with van der Waals surface area (Å²) < 4.78 is 0. The molecule has 0 fully saturated rings. The third-order valence-corrected chi connectivity index (χ3v) is 7.69. The van der Waals surface area contributed by atoms with Gasteiger partial charge in [-0.3, -0.25) is 0 Å². The van der Waals surface area contributed by atoms with Crippen molar-refractivity contribution in [2.24, 2.45) is 5.92 Å². The van der Waals surface area contributed by atoms with Crippen LogP contribution in [0.2, 0.25) is 0 Å². The molecule has 0 bridgehead atoms. The van der Waals surface area contributed by atoms with Gasteiger partial charge < -0.3 is 10.2 Å². The summed E-state index contributed by atoms with van der Waals surface area (Å²) in [7, 11) is 0. The molecule has 192 valence electrons. The van der Waals surface area contributed by atoms with Crippen molar-refractivity contribution in [3.05, 3.63) is 133 Å². The fraction of sp³-hybridized carbons (Fsp3) is 0.343. The van der Waals surface area contributed by atoms with E-state index in [2.05, 4.69) is 96.7 Å². The number of aliphatic hydroxyl groups is 2. The van der Waals surface area contributed by atoms with E-state index < -0.39 is 12.2 Å². The van der Waals surface area contributed by atoms with Gasteiger partial charge in [0.05, 0.1) is 0 Å². The molecule has 0 saturated heterocycles. The monoisotopic (exact) mass is 492 g/mol. The van der Waals surface area contributed by atoms with Gasteiger partial charge in [-0.25, -0.2) is 0 Å². The highest BCUT2D eigenvalue weighted by Gasteiger charge is 2.22. The Morgan fingerprint density at radius 3 is 2.19 bits per heavy atom. The molecule has 2 heteroatoms. The summed E-state index contributed by atoms with van der Waals surface area (Å²) in [6.45, 7) is 14.7. The van der Waals surface area contributed by atoms with Gasteiger partial charge in [0.25, 0.3) is 0 Å². The maximum atomic E-state index is 11.5. The summed E-state index contributed by atoms with van der Waals surface area (Å²) in [5, 5.41) is 22.7. The molecule has 2 N–H and O–H groups in total. The highest BCUT2D eigenvalue weighted by atomic mass is 16.3. The Balaban J connectivity index is 1.66. The fourth-order valence-electron chi connectivity index (χ4n) is 5.88. The van der Waals surface area contributed by atoms with Crippen LogP contribution in [0.1, 0.15) is 72.2 Å². The molecular weight excluding hydrogens is 452 g/mol. The molecule has 4 rings (SSSR count). The summed E-state index contributed by atoms with van der Waals surface area (Å²) in [4.78, 5) is 0. The van der Waals surface area contributed by atoms with Crippen molar-refractivity contribution in [1.82, 2.24) is 0 Å². The molecule has 0 aliphatic heterocycles. The average molecular weight is 493 g/mol. The minimum Gasteiger partial charge on any atom is -0.384 e. The molecule has 2 unspecified atom stereocenters. The molecule has 0 aromatic heterocycles. The minimum absolute atomic E-state index is 0.432. The zero-order valence-corrected chi connectivity index (χ0v) is 23.3. The molecule has 2 aliphatic carbocycles. The molecule has 2 nitrogen and oxygen atoms in total. The van der Waals surface area contributed by atoms with Crippen LogP contribution in [0.5, 0.6) is 0 Å². The number of hydrogen-bond acceptors (Lipinski definition) is 2. The summed E-state index contributed by atoms with van der Waals surface area (Å²) in [6, 6.07) is 10.5. The second-order valence-electron chi connectivity index (χ2n) is 11.1. The summed E-state index contributed by atoms with van der Waals surface area (Å²) in [5.74, 6) is 0.432. The predicted molar refractivity (Wildman–Crippen MR) is 155 cm³/mol. The number of allylic oxidation sites excluding steroid dienone is 5. The maximum absolute atomic E-state index is 11.5. The Hall–Kier alpha value is -3.16. The second-order valence-corrected chi connectivity index (χ2v) is 11.1. The van der Waals surface area contributed by atoms with Gasteiger partial charge in [-0.2, -0.15) is 0 Å². The van der Waals surface area contributed by atoms with E-state index in [1.165, 1.54) is 11.1 Å². The second kappa shape index (κ2) is 11.1. The molecule has 0 radical (unpaired) electrons. The minimum atomic E-state index is -0.683. The number of rotatable bonds is 6. The van der Waals surface area contributed by atoms with Gasteiger partial charge >= 0.3 is 0 Å². The number of hydrogen-bond donors (Lipinski definition) is 2. The number of benzene rings is 2. The van der Waals surface area contributed by atoms with Crippen LogP contribution in [0.3, 0.4) is 0 Å². The van der Waals surface area contributed by atoms with Crippen molar-refractivity contribution in [1.29, 1.82) is 0 Å². The van der Waals surface area contributed by atoms with E-state index in [9.17, 15) is 10.2 Å². The first kappa shape index (κ1) is 26.9. The van der Waals surface area contributed by atoms with Crippen LogP contribution in [-0.4, -0.2) is 16.3 Å². The first-order valence-electron chi connectivity index (χ1n) is 13.3. The number of aryl methyl sites for hydroxylation is 3. The van der Waals surface area contributed by atoms with E-state index in [4.69, 9.17) is 0 Å². The van der Waals surface area contributed by atoms with Crippen LogP contribution in [0, 0.1) is 33.6 Å². The van der Waals surface area contributed by atoms with Crippen molar-refractivity contribution in [2.45, 2.75) is 73.5 Å². The van der Waals surface area contributed by atoms with Gasteiger partial charge in [-0.05, 0) is 128 Å². The van der Waals surface area contributed by atoms with E-state index in [0.717, 1.165) is 68.5 Å². The molecule has 3 atom stereocenters. The lowest BCUT2D eigenvalue weighted by molar-refractivity contribution is 0.217. The summed E-state index contributed by atoms with van der Waals surface area (Å²) in [5.41, 5.74) is 16.3. The molecule has 0 saturated carbocycles. The van der Waals surface area contributed by atoms with Crippen molar-refractivity contribution in [3.8, 4) is 0 Å². The third kappa shape index (κ3) is 5.89. The Morgan fingerprint density at radius 1 is 0.838 bits per heavy atom. The molecular formula is C35H40O2. The largest absolute Gasteiger partial charge is 0.384 e. The van der Waals surface area contributed by atoms with Crippen LogP contribution < -0.4 is 0 Å². The van der Waals surface area contributed by atoms with E-state index in [1.807, 2.05) is 18.2 Å². The lowest BCUT2D eigenvalue weighted by Crippen LogP contribution is -2.15. The Labute approximate surface area is 222 Å². The molecule has 0 heterocycles. The first-order valence-corrected chi connectivity index (χ1v) is 13.3. The lowest BCUT2D eigenvalue weighted by Gasteiger charge is -2.23. The van der Waals surface area contributed by atoms with Crippen LogP contribution in [0.25, 0.3) is 0 Å². The van der Waals surface area contributed by atoms with Crippen molar-refractivity contribution >= 4 is 0 Å². The molecule has 2 aromatic carbocycles. The molecule has 0 amide bonds. The summed E-state index contributed by atoms with van der Waals surface area (Å²) in [6.07, 6.45) is 10.9. The van der Waals surface area contributed by atoms with Gasteiger partial charge in [-0.15, -0.1) is 5.73 Å². The fourth-order valence-corrected chi connectivity index (χ4v) is 5.88. The van der Waals surface area contributed by atoms with Crippen LogP contribution in [0.15, 0.2) is 94.3 Å². The van der Waals surface area contributed by atoms with Crippen molar-refractivity contribution in [2.75, 3.05) is 0 Å². The topological polar surface area (TPSA) is 40.5 Å². The Kier molecular flexibility index (Phi) is 8.05. The summed E-state index contributed by atoms with van der Waals surface area (Å²) >= 11 is 0. The third-order valence-electron chi connectivity index (χ3n) is 7.69. The number of aliphatic hydroxyl groups excluding tert-OH is 2. The van der Waals surface area contributed by atoms with Crippen LogP contribution >= 0.6 is 0 Å². The lowest BCUT2D eigenvalue weighted by atomic mass is 9.86. The first-order chi connectivity index (χ1) is 17.5. The van der Waals surface area contributed by atoms with Gasteiger partial charge in [0.2, 0.25) is 0 Å². The Morgan fingerprint density at radius 2 is 1.51 bits per heavy atom. The normalized spacial score (nSPS) is 19.3. The van der Waals surface area contributed by atoms with Gasteiger partial charge in [0, 0.05) is 5.57 Å². The highest BCUT2D eigenvalue weighted by molar-refractivity contribution is 5.51. The Bertz CT molecular complexity index is 1380. The van der Waals surface area contributed by atoms with E-state index >= 15 is 0 Å². The zero-order chi connectivity index (χ0) is 26.9. The standard InChI is InChI=1S/C35H40O2/c1-21-15-22(2)19-31(18-21)34(36)30-14-12-28(16-23(3)17-30)20-29-13-11-26(6)33(27(29)7)35(37)32-24(4)9-8-10-25(32)5/h8-13,16-19,21,34-37H,15,20H2,1-7H3/t21?,34-,35?/m1/s1. The molecule has 37 heavy (non-hydrogen) atoms. The van der Waals surface area contributed by atoms with Crippen LogP contribution in [-0.2, 0) is 6.42 Å². The smallest absolute Gasteiger partial charge is 0.111 e. The highest BCUT2D eigenvalue weighted by Crippen LogP contribution is 2.34. The van der Waals surface area contributed by atoms with Gasteiger partial charge in [-0.1, -0.05) is 61.1 Å². The maximum Gasteiger partial charge on any atom is 0.111 e. The molecule has 2 aromatic rings. The molecule has 0 spiro atoms. The van der Waals surface area contributed by atoms with Crippen LogP contribution in [0.4, 0.5) is 0 Å². The van der Waals surface area contributed by atoms with Crippen molar-refractivity contribution < 1.29 is 10.2 Å².